The zero-order valence-corrected chi connectivity index (χ0v) is 16.3. The standard InChI is InChI=1S/C19H11ClF6N2O4/c20-9-5-10(21)13(27-14-7-16(30)28(1-2-29)18(14)31)6-15(9)32-17-11(22)3-8(4-12(17)23)19(24,25)26/h3-7,27,29H,1-2H2. The Morgan fingerprint density at radius 2 is 1.66 bits per heavy atom. The highest BCUT2D eigenvalue weighted by Crippen LogP contribution is 2.39. The van der Waals surface area contributed by atoms with Crippen molar-refractivity contribution < 1.29 is 45.8 Å². The summed E-state index contributed by atoms with van der Waals surface area (Å²) in [7, 11) is 0. The minimum atomic E-state index is -5.01. The molecular weight excluding hydrogens is 470 g/mol. The van der Waals surface area contributed by atoms with Crippen LogP contribution >= 0.6 is 11.6 Å². The predicted octanol–water partition coefficient (Wildman–Crippen LogP) is 4.23. The molecule has 1 heterocycles. The highest BCUT2D eigenvalue weighted by atomic mass is 35.5. The fraction of sp³-hybridized carbons (Fsp3) is 0.158. The van der Waals surface area contributed by atoms with Crippen LogP contribution in [0.5, 0.6) is 11.5 Å². The number of rotatable bonds is 6. The van der Waals surface area contributed by atoms with Crippen LogP contribution in [0.4, 0.5) is 32.0 Å². The van der Waals surface area contributed by atoms with Crippen molar-refractivity contribution in [3.63, 3.8) is 0 Å². The van der Waals surface area contributed by atoms with Gasteiger partial charge in [-0.25, -0.2) is 13.2 Å². The number of hydrogen-bond donors (Lipinski definition) is 2. The van der Waals surface area contributed by atoms with Crippen molar-refractivity contribution in [1.82, 2.24) is 4.90 Å². The quantitative estimate of drug-likeness (QED) is 0.478. The molecule has 0 aliphatic carbocycles. The lowest BCUT2D eigenvalue weighted by Gasteiger charge is -2.15. The Labute approximate surface area is 180 Å². The van der Waals surface area contributed by atoms with Crippen LogP contribution in [0.1, 0.15) is 5.56 Å². The Hall–Kier alpha value is -3.25. The Morgan fingerprint density at radius 3 is 2.22 bits per heavy atom. The van der Waals surface area contributed by atoms with Crippen LogP contribution in [-0.2, 0) is 15.8 Å². The molecule has 0 radical (unpaired) electrons. The number of aliphatic hydroxyl groups excluding tert-OH is 1. The summed E-state index contributed by atoms with van der Waals surface area (Å²) in [5.41, 5.74) is -2.45. The normalized spacial score (nSPS) is 14.1. The number of carbonyl (C=O) groups is 2. The second-order valence-corrected chi connectivity index (χ2v) is 6.74. The molecule has 2 aromatic rings. The third-order valence-corrected chi connectivity index (χ3v) is 4.46. The first-order chi connectivity index (χ1) is 14.9. The first kappa shape index (κ1) is 23.4. The number of nitrogens with one attached hydrogen (secondary N) is 1. The molecule has 0 fully saturated rings. The number of anilines is 1. The molecule has 32 heavy (non-hydrogen) atoms. The third-order valence-electron chi connectivity index (χ3n) is 4.16. The molecule has 0 spiro atoms. The van der Waals surface area contributed by atoms with Gasteiger partial charge < -0.3 is 15.2 Å². The van der Waals surface area contributed by atoms with Crippen molar-refractivity contribution in [3.05, 3.63) is 64.1 Å². The van der Waals surface area contributed by atoms with Crippen molar-refractivity contribution in [1.29, 1.82) is 0 Å². The van der Waals surface area contributed by atoms with E-state index in [0.29, 0.717) is 11.0 Å². The van der Waals surface area contributed by atoms with E-state index in [2.05, 4.69) is 5.32 Å². The maximum Gasteiger partial charge on any atom is 0.416 e. The molecular formula is C19H11ClF6N2O4. The Bertz CT molecular complexity index is 1110. The van der Waals surface area contributed by atoms with E-state index < -0.39 is 69.8 Å². The topological polar surface area (TPSA) is 78.9 Å². The Balaban J connectivity index is 1.91. The molecule has 0 unspecified atom stereocenters. The number of amides is 2. The van der Waals surface area contributed by atoms with Crippen LogP contribution in [0.2, 0.25) is 5.02 Å². The number of imide groups is 1. The van der Waals surface area contributed by atoms with Crippen LogP contribution in [0.15, 0.2) is 36.0 Å². The van der Waals surface area contributed by atoms with Gasteiger partial charge in [0.15, 0.2) is 17.4 Å². The molecule has 0 saturated carbocycles. The summed E-state index contributed by atoms with van der Waals surface area (Å²) >= 11 is 5.80. The van der Waals surface area contributed by atoms with E-state index in [1.54, 1.807) is 0 Å². The summed E-state index contributed by atoms with van der Waals surface area (Å²) in [5.74, 6) is -7.85. The minimum Gasteiger partial charge on any atom is -0.450 e. The zero-order chi connectivity index (χ0) is 23.8. The summed E-state index contributed by atoms with van der Waals surface area (Å²) in [6.45, 7) is -0.806. The second-order valence-electron chi connectivity index (χ2n) is 6.33. The highest BCUT2D eigenvalue weighted by Gasteiger charge is 2.34. The smallest absolute Gasteiger partial charge is 0.416 e. The number of β-amino-alcohol motifs (C(OH)–C–C–N with tert-alkyl or cyclic N) is 1. The lowest BCUT2D eigenvalue weighted by Crippen LogP contribution is -2.34. The first-order valence-electron chi connectivity index (χ1n) is 8.61. The predicted molar refractivity (Wildman–Crippen MR) is 98.4 cm³/mol. The number of halogens is 7. The fourth-order valence-corrected chi connectivity index (χ4v) is 2.88. The number of aliphatic hydroxyl groups is 1. The third kappa shape index (κ3) is 4.65. The molecule has 0 bridgehead atoms. The molecule has 1 aliphatic heterocycles. The van der Waals surface area contributed by atoms with Crippen molar-refractivity contribution in [2.75, 3.05) is 18.5 Å². The van der Waals surface area contributed by atoms with E-state index >= 15 is 0 Å². The largest absolute Gasteiger partial charge is 0.450 e. The molecule has 170 valence electrons. The van der Waals surface area contributed by atoms with Crippen LogP contribution in [0.25, 0.3) is 0 Å². The number of ether oxygens (including phenoxy) is 1. The van der Waals surface area contributed by atoms with Gasteiger partial charge in [0.25, 0.3) is 11.8 Å². The van der Waals surface area contributed by atoms with E-state index in [-0.39, 0.29) is 24.4 Å². The van der Waals surface area contributed by atoms with E-state index in [0.717, 1.165) is 12.1 Å². The lowest BCUT2D eigenvalue weighted by molar-refractivity contribution is -0.138. The molecule has 3 rings (SSSR count). The lowest BCUT2D eigenvalue weighted by atomic mass is 10.2. The van der Waals surface area contributed by atoms with Crippen LogP contribution in [0.3, 0.4) is 0 Å². The van der Waals surface area contributed by atoms with Crippen molar-refractivity contribution in [3.8, 4) is 11.5 Å². The number of carbonyl (C=O) groups excluding carboxylic acids is 2. The summed E-state index contributed by atoms with van der Waals surface area (Å²) in [5, 5.41) is 10.7. The van der Waals surface area contributed by atoms with Gasteiger partial charge in [0.1, 0.15) is 17.3 Å². The molecule has 2 amide bonds. The number of alkyl halides is 3. The van der Waals surface area contributed by atoms with Crippen molar-refractivity contribution in [2.24, 2.45) is 0 Å². The van der Waals surface area contributed by atoms with E-state index in [9.17, 15) is 35.9 Å². The summed E-state index contributed by atoms with van der Waals surface area (Å²) in [4.78, 5) is 24.6. The SMILES string of the molecule is O=C1C=C(Nc2cc(Oc3c(F)cc(C(F)(F)F)cc3F)c(Cl)cc2F)C(=O)N1CCO. The van der Waals surface area contributed by atoms with Gasteiger partial charge in [-0.05, 0) is 18.2 Å². The van der Waals surface area contributed by atoms with Crippen LogP contribution in [0, 0.1) is 17.5 Å². The van der Waals surface area contributed by atoms with Crippen LogP contribution in [-0.4, -0.2) is 35.0 Å². The minimum absolute atomic E-state index is 0.0123. The van der Waals surface area contributed by atoms with Crippen molar-refractivity contribution >= 4 is 29.1 Å². The monoisotopic (exact) mass is 480 g/mol. The van der Waals surface area contributed by atoms with E-state index in [4.69, 9.17) is 21.4 Å². The average Bonchev–Trinajstić information content (AvgIpc) is 2.94. The zero-order valence-electron chi connectivity index (χ0n) is 15.6. The van der Waals surface area contributed by atoms with Gasteiger partial charge in [-0.1, -0.05) is 11.6 Å². The molecule has 0 aromatic heterocycles. The first-order valence-corrected chi connectivity index (χ1v) is 8.98. The summed E-state index contributed by atoms with van der Waals surface area (Å²) in [6, 6.07) is 1.48. The molecule has 13 heteroatoms. The van der Waals surface area contributed by atoms with Gasteiger partial charge in [0, 0.05) is 12.1 Å². The van der Waals surface area contributed by atoms with Crippen molar-refractivity contribution in [2.45, 2.75) is 6.18 Å². The van der Waals surface area contributed by atoms with Gasteiger partial charge in [-0.15, -0.1) is 0 Å². The average molecular weight is 481 g/mol. The summed E-state index contributed by atoms with van der Waals surface area (Å²) in [6.07, 6.45) is -4.17. The van der Waals surface area contributed by atoms with Gasteiger partial charge in [0.05, 0.1) is 29.4 Å². The van der Waals surface area contributed by atoms with Gasteiger partial charge in [-0.3, -0.25) is 14.5 Å². The molecule has 0 saturated heterocycles. The maximum absolute atomic E-state index is 14.3. The van der Waals surface area contributed by atoms with Gasteiger partial charge in [0.2, 0.25) is 0 Å². The van der Waals surface area contributed by atoms with E-state index in [1.807, 2.05) is 0 Å². The van der Waals surface area contributed by atoms with E-state index in [1.165, 1.54) is 0 Å². The van der Waals surface area contributed by atoms with Crippen LogP contribution < -0.4 is 10.1 Å². The summed E-state index contributed by atoms with van der Waals surface area (Å²) < 4.78 is 85.4. The molecule has 6 nitrogen and oxygen atoms in total. The number of nitrogens with zero attached hydrogens (tertiary/aromatic N) is 1. The maximum atomic E-state index is 14.3. The molecule has 2 aromatic carbocycles. The number of hydrogen-bond acceptors (Lipinski definition) is 5. The molecule has 0 atom stereocenters. The highest BCUT2D eigenvalue weighted by molar-refractivity contribution is 6.32. The Morgan fingerprint density at radius 1 is 1.03 bits per heavy atom. The molecule has 1 aliphatic rings. The molecule has 2 N–H and O–H groups in total. The van der Waals surface area contributed by atoms with Gasteiger partial charge in [-0.2, -0.15) is 13.2 Å². The Kier molecular flexibility index (Phi) is 6.37. The second kappa shape index (κ2) is 8.71. The van der Waals surface area contributed by atoms with Gasteiger partial charge >= 0.3 is 6.18 Å². The fourth-order valence-electron chi connectivity index (χ4n) is 2.69. The number of benzene rings is 2.